The number of methoxy groups -OCH3 is 1. The number of ether oxygens (including phenoxy) is 2. The van der Waals surface area contributed by atoms with Crippen LogP contribution in [0.5, 0.6) is 5.75 Å². The van der Waals surface area contributed by atoms with Crippen LogP contribution in [-0.2, 0) is 21.3 Å². The van der Waals surface area contributed by atoms with Crippen LogP contribution in [0.15, 0.2) is 102 Å². The lowest BCUT2D eigenvalue weighted by Crippen LogP contribution is -2.50. The fourth-order valence-corrected chi connectivity index (χ4v) is 7.79. The predicted octanol–water partition coefficient (Wildman–Crippen LogP) is 7.37. The SMILES string of the molecule is COc1cc(-c2cnc3c(c2)c(-c2cnn(Cc4cccc(F)c4)c2)cn3S(=O)(=O)c2ccc(C)cc2)ccc1N1CCN(C(=O)OC(C)(C)C)CC1. The highest BCUT2D eigenvalue weighted by atomic mass is 32.2. The number of aryl methyl sites for hydroxylation is 1. The first-order valence-electron chi connectivity index (χ1n) is 17.3. The van der Waals surface area contributed by atoms with Crippen molar-refractivity contribution < 1.29 is 27.1 Å². The number of aromatic nitrogens is 4. The largest absolute Gasteiger partial charge is 0.495 e. The van der Waals surface area contributed by atoms with Crippen LogP contribution in [-0.4, -0.2) is 77.0 Å². The van der Waals surface area contributed by atoms with E-state index in [1.54, 1.807) is 65.6 Å². The molecule has 3 aromatic heterocycles. The summed E-state index contributed by atoms with van der Waals surface area (Å²) in [5.74, 6) is 0.329. The maximum Gasteiger partial charge on any atom is 0.410 e. The van der Waals surface area contributed by atoms with Crippen LogP contribution >= 0.6 is 0 Å². The molecular weight excluding hydrogens is 696 g/mol. The van der Waals surface area contributed by atoms with Crippen LogP contribution in [0, 0.1) is 12.7 Å². The molecule has 274 valence electrons. The third-order valence-corrected chi connectivity index (χ3v) is 10.8. The Kier molecular flexibility index (Phi) is 9.45. The van der Waals surface area contributed by atoms with Crippen molar-refractivity contribution in [2.24, 2.45) is 0 Å². The van der Waals surface area contributed by atoms with Gasteiger partial charge >= 0.3 is 6.09 Å². The summed E-state index contributed by atoms with van der Waals surface area (Å²) in [6.45, 7) is 10.1. The Morgan fingerprint density at radius 2 is 1.64 bits per heavy atom. The quantitative estimate of drug-likeness (QED) is 0.159. The Morgan fingerprint density at radius 1 is 0.887 bits per heavy atom. The molecule has 1 aliphatic heterocycles. The molecule has 13 heteroatoms. The van der Waals surface area contributed by atoms with Gasteiger partial charge in [0.2, 0.25) is 0 Å². The fraction of sp³-hybridized carbons (Fsp3) is 0.275. The molecule has 1 fully saturated rings. The van der Waals surface area contributed by atoms with E-state index in [0.717, 1.165) is 27.9 Å². The molecule has 0 aliphatic carbocycles. The zero-order valence-electron chi connectivity index (χ0n) is 30.3. The van der Waals surface area contributed by atoms with E-state index in [0.29, 0.717) is 55.0 Å². The Morgan fingerprint density at radius 3 is 2.34 bits per heavy atom. The molecule has 7 rings (SSSR count). The van der Waals surface area contributed by atoms with E-state index in [-0.39, 0.29) is 22.5 Å². The summed E-state index contributed by atoms with van der Waals surface area (Å²) in [6.07, 6.45) is 6.41. The Bertz CT molecular complexity index is 2410. The summed E-state index contributed by atoms with van der Waals surface area (Å²) < 4.78 is 56.3. The minimum absolute atomic E-state index is 0.145. The van der Waals surface area contributed by atoms with Crippen LogP contribution in [0.4, 0.5) is 14.9 Å². The summed E-state index contributed by atoms with van der Waals surface area (Å²) in [4.78, 5) is 21.4. The van der Waals surface area contributed by atoms with E-state index in [2.05, 4.69) is 10.00 Å². The monoisotopic (exact) mass is 736 g/mol. The van der Waals surface area contributed by atoms with E-state index in [4.69, 9.17) is 14.5 Å². The number of nitrogens with zero attached hydrogens (tertiary/aromatic N) is 6. The van der Waals surface area contributed by atoms with Crippen LogP contribution < -0.4 is 9.64 Å². The Hall–Kier alpha value is -5.69. The number of pyridine rings is 1. The highest BCUT2D eigenvalue weighted by Gasteiger charge is 2.28. The van der Waals surface area contributed by atoms with Crippen LogP contribution in [0.3, 0.4) is 0 Å². The fourth-order valence-electron chi connectivity index (χ4n) is 6.46. The molecule has 0 spiro atoms. The van der Waals surface area contributed by atoms with E-state index < -0.39 is 15.6 Å². The number of rotatable bonds is 8. The number of hydrogen-bond acceptors (Lipinski definition) is 8. The topological polar surface area (TPSA) is 112 Å². The maximum atomic E-state index is 14.0. The van der Waals surface area contributed by atoms with Gasteiger partial charge < -0.3 is 19.3 Å². The first-order chi connectivity index (χ1) is 25.3. The van der Waals surface area contributed by atoms with E-state index in [9.17, 15) is 17.6 Å². The molecule has 0 atom stereocenters. The molecule has 0 unspecified atom stereocenters. The lowest BCUT2D eigenvalue weighted by Gasteiger charge is -2.37. The first kappa shape index (κ1) is 35.7. The summed E-state index contributed by atoms with van der Waals surface area (Å²) in [6, 6.07) is 20.9. The van der Waals surface area contributed by atoms with Crippen molar-refractivity contribution in [3.05, 3.63) is 115 Å². The zero-order valence-corrected chi connectivity index (χ0v) is 31.1. The van der Waals surface area contributed by atoms with Gasteiger partial charge in [0.1, 0.15) is 17.2 Å². The standard InChI is InChI=1S/C40H41FN6O5S/c1-27-9-12-33(13-10-27)53(49,50)47-26-35(31-23-43-46(25-31)24-28-7-6-8-32(41)19-28)34-20-30(22-42-38(34)47)29-11-14-36(37(21-29)51-5)44-15-17-45(18-16-44)39(48)52-40(2,3)4/h6-14,19-23,25-26H,15-18,24H2,1-5H3. The van der Waals surface area contributed by atoms with Crippen molar-refractivity contribution in [3.8, 4) is 28.0 Å². The smallest absolute Gasteiger partial charge is 0.410 e. The molecule has 1 amide bonds. The molecule has 0 saturated carbocycles. The molecule has 6 aromatic rings. The highest BCUT2D eigenvalue weighted by molar-refractivity contribution is 7.90. The number of hydrogen-bond donors (Lipinski definition) is 0. The second-order valence-corrected chi connectivity index (χ2v) is 16.0. The molecule has 0 bridgehead atoms. The summed E-state index contributed by atoms with van der Waals surface area (Å²) in [5.41, 5.74) is 5.20. The lowest BCUT2D eigenvalue weighted by atomic mass is 10.0. The van der Waals surface area contributed by atoms with Crippen molar-refractivity contribution in [3.63, 3.8) is 0 Å². The lowest BCUT2D eigenvalue weighted by molar-refractivity contribution is 0.0240. The van der Waals surface area contributed by atoms with Gasteiger partial charge in [-0.05, 0) is 81.3 Å². The second kappa shape index (κ2) is 14.0. The minimum Gasteiger partial charge on any atom is -0.495 e. The van der Waals surface area contributed by atoms with Crippen molar-refractivity contribution in [2.75, 3.05) is 38.2 Å². The van der Waals surface area contributed by atoms with E-state index in [1.165, 1.54) is 16.1 Å². The summed E-state index contributed by atoms with van der Waals surface area (Å²) in [7, 11) is -2.39. The number of carbonyl (C=O) groups excluding carboxylic acids is 1. The molecular formula is C40H41FN6O5S. The van der Waals surface area contributed by atoms with Crippen molar-refractivity contribution in [1.29, 1.82) is 0 Å². The maximum absolute atomic E-state index is 14.0. The van der Waals surface area contributed by atoms with Gasteiger partial charge in [0.25, 0.3) is 10.0 Å². The third kappa shape index (κ3) is 7.47. The van der Waals surface area contributed by atoms with Gasteiger partial charge in [0.05, 0.1) is 30.4 Å². The van der Waals surface area contributed by atoms with Gasteiger partial charge in [0.15, 0.2) is 5.65 Å². The van der Waals surface area contributed by atoms with Crippen LogP contribution in [0.25, 0.3) is 33.3 Å². The molecule has 1 saturated heterocycles. The Labute approximate surface area is 308 Å². The van der Waals surface area contributed by atoms with Gasteiger partial charge in [-0.1, -0.05) is 35.9 Å². The average Bonchev–Trinajstić information content (AvgIpc) is 3.75. The van der Waals surface area contributed by atoms with Crippen molar-refractivity contribution >= 4 is 32.8 Å². The predicted molar refractivity (Wildman–Crippen MR) is 202 cm³/mol. The zero-order chi connectivity index (χ0) is 37.5. The number of benzene rings is 3. The molecule has 4 heterocycles. The molecule has 3 aromatic carbocycles. The average molecular weight is 737 g/mol. The summed E-state index contributed by atoms with van der Waals surface area (Å²) in [5, 5.41) is 5.13. The molecule has 0 N–H and O–H groups in total. The van der Waals surface area contributed by atoms with Crippen molar-refractivity contribution in [2.45, 2.75) is 44.7 Å². The van der Waals surface area contributed by atoms with Gasteiger partial charge in [-0.15, -0.1) is 0 Å². The molecule has 53 heavy (non-hydrogen) atoms. The molecule has 11 nitrogen and oxygen atoms in total. The first-order valence-corrected chi connectivity index (χ1v) is 18.7. The molecule has 1 aliphatic rings. The highest BCUT2D eigenvalue weighted by Crippen LogP contribution is 2.38. The number of piperazine rings is 1. The number of amides is 1. The van der Waals surface area contributed by atoms with Crippen molar-refractivity contribution in [1.82, 2.24) is 23.6 Å². The van der Waals surface area contributed by atoms with Gasteiger partial charge in [-0.3, -0.25) is 4.68 Å². The van der Waals surface area contributed by atoms with Gasteiger partial charge in [-0.2, -0.15) is 5.10 Å². The number of fused-ring (bicyclic) bond motifs is 1. The normalized spacial score (nSPS) is 13.8. The van der Waals surface area contributed by atoms with E-state index in [1.807, 2.05) is 64.2 Å². The van der Waals surface area contributed by atoms with Gasteiger partial charge in [-0.25, -0.2) is 26.6 Å². The minimum atomic E-state index is -4.01. The Balaban J connectivity index is 1.24. The molecule has 0 radical (unpaired) electrons. The second-order valence-electron chi connectivity index (χ2n) is 14.1. The van der Waals surface area contributed by atoms with Crippen LogP contribution in [0.1, 0.15) is 31.9 Å². The van der Waals surface area contributed by atoms with Gasteiger partial charge in [0, 0.05) is 66.8 Å². The van der Waals surface area contributed by atoms with E-state index >= 15 is 0 Å². The summed E-state index contributed by atoms with van der Waals surface area (Å²) >= 11 is 0. The number of anilines is 1. The number of carbonyl (C=O) groups is 1. The van der Waals surface area contributed by atoms with Crippen LogP contribution in [0.2, 0.25) is 0 Å². The number of halogens is 1. The third-order valence-electron chi connectivity index (χ3n) is 9.15.